The van der Waals surface area contributed by atoms with Crippen LogP contribution in [0.1, 0.15) is 42.7 Å². The molecule has 0 spiro atoms. The number of hydrogen-bond acceptors (Lipinski definition) is 3. The smallest absolute Gasteiger partial charge is 0.145 e. The lowest BCUT2D eigenvalue weighted by molar-refractivity contribution is 0.169. The van der Waals surface area contributed by atoms with E-state index >= 15 is 0 Å². The molecule has 0 amide bonds. The van der Waals surface area contributed by atoms with Crippen molar-refractivity contribution in [1.29, 1.82) is 0 Å². The van der Waals surface area contributed by atoms with Crippen molar-refractivity contribution in [2.24, 2.45) is 0 Å². The van der Waals surface area contributed by atoms with Gasteiger partial charge in [0.15, 0.2) is 0 Å². The molecule has 0 saturated heterocycles. The third kappa shape index (κ3) is 2.68. The van der Waals surface area contributed by atoms with E-state index in [1.165, 1.54) is 24.0 Å². The number of aliphatic hydroxyl groups is 1. The fourth-order valence-electron chi connectivity index (χ4n) is 2.61. The largest absolute Gasteiger partial charge is 0.456 e. The molecule has 0 aliphatic heterocycles. The van der Waals surface area contributed by atoms with Gasteiger partial charge < -0.3 is 9.84 Å². The van der Waals surface area contributed by atoms with E-state index in [2.05, 4.69) is 17.1 Å². The first-order chi connectivity index (χ1) is 9.76. The molecule has 1 heterocycles. The second kappa shape index (κ2) is 5.63. The molecule has 1 aliphatic carbocycles. The molecule has 104 valence electrons. The number of benzene rings is 1. The van der Waals surface area contributed by atoms with E-state index in [-0.39, 0.29) is 0 Å². The number of ether oxygens (including phenoxy) is 1. The second-order valence-corrected chi connectivity index (χ2v) is 5.23. The summed E-state index contributed by atoms with van der Waals surface area (Å²) < 4.78 is 5.83. The average molecular weight is 269 g/mol. The van der Waals surface area contributed by atoms with Gasteiger partial charge in [0.25, 0.3) is 0 Å². The molecule has 0 bridgehead atoms. The monoisotopic (exact) mass is 269 g/mol. The zero-order valence-corrected chi connectivity index (χ0v) is 11.7. The number of nitrogens with zero attached hydrogens (tertiary/aromatic N) is 1. The summed E-state index contributed by atoms with van der Waals surface area (Å²) >= 11 is 0. The van der Waals surface area contributed by atoms with Gasteiger partial charge in [-0.2, -0.15) is 0 Å². The van der Waals surface area contributed by atoms with Gasteiger partial charge in [-0.3, -0.25) is 4.98 Å². The maximum atomic E-state index is 9.71. The van der Waals surface area contributed by atoms with Crippen LogP contribution in [-0.4, -0.2) is 10.1 Å². The van der Waals surface area contributed by atoms with Crippen LogP contribution in [0.15, 0.2) is 36.5 Å². The van der Waals surface area contributed by atoms with E-state index in [9.17, 15) is 5.11 Å². The minimum Gasteiger partial charge on any atom is -0.456 e. The molecule has 1 aromatic carbocycles. The summed E-state index contributed by atoms with van der Waals surface area (Å²) in [6, 6.07) is 9.96. The molecule has 1 unspecified atom stereocenters. The molecule has 1 aromatic heterocycles. The van der Waals surface area contributed by atoms with Gasteiger partial charge in [-0.1, -0.05) is 13.0 Å². The molecule has 20 heavy (non-hydrogen) atoms. The molecule has 3 heteroatoms. The molecule has 1 aliphatic rings. The van der Waals surface area contributed by atoms with Crippen LogP contribution in [0.2, 0.25) is 0 Å². The second-order valence-electron chi connectivity index (χ2n) is 5.23. The van der Waals surface area contributed by atoms with E-state index in [1.807, 2.05) is 25.1 Å². The Hall–Kier alpha value is -1.87. The molecule has 3 nitrogen and oxygen atoms in total. The molecular weight excluding hydrogens is 250 g/mol. The lowest BCUT2D eigenvalue weighted by Crippen LogP contribution is -1.98. The van der Waals surface area contributed by atoms with E-state index in [0.29, 0.717) is 17.9 Å². The summed E-state index contributed by atoms with van der Waals surface area (Å²) in [5.74, 6) is 1.56. The number of aliphatic hydroxyl groups excluding tert-OH is 1. The molecule has 1 atom stereocenters. The Morgan fingerprint density at radius 2 is 1.95 bits per heavy atom. The van der Waals surface area contributed by atoms with Gasteiger partial charge in [0.2, 0.25) is 0 Å². The first-order valence-electron chi connectivity index (χ1n) is 7.20. The van der Waals surface area contributed by atoms with Gasteiger partial charge in [-0.05, 0) is 61.1 Å². The van der Waals surface area contributed by atoms with Crippen LogP contribution in [0.5, 0.6) is 11.5 Å². The van der Waals surface area contributed by atoms with Gasteiger partial charge in [-0.15, -0.1) is 0 Å². The van der Waals surface area contributed by atoms with Gasteiger partial charge >= 0.3 is 0 Å². The summed E-state index contributed by atoms with van der Waals surface area (Å²) in [6.07, 6.45) is 5.40. The van der Waals surface area contributed by atoms with Crippen molar-refractivity contribution in [3.8, 4) is 11.5 Å². The lowest BCUT2D eigenvalue weighted by atomic mass is 10.1. The molecule has 1 N–H and O–H groups in total. The van der Waals surface area contributed by atoms with Crippen molar-refractivity contribution in [2.45, 2.75) is 38.7 Å². The number of pyridine rings is 1. The Morgan fingerprint density at radius 1 is 1.15 bits per heavy atom. The van der Waals surface area contributed by atoms with Crippen LogP contribution in [0, 0.1) is 0 Å². The first-order valence-corrected chi connectivity index (χ1v) is 7.20. The molecular formula is C17H19NO2. The Labute approximate surface area is 119 Å². The van der Waals surface area contributed by atoms with Crippen molar-refractivity contribution >= 4 is 0 Å². The fourth-order valence-corrected chi connectivity index (χ4v) is 2.61. The highest BCUT2D eigenvalue weighted by molar-refractivity contribution is 5.40. The summed E-state index contributed by atoms with van der Waals surface area (Å²) in [6.45, 7) is 1.93. The topological polar surface area (TPSA) is 42.4 Å². The van der Waals surface area contributed by atoms with E-state index in [4.69, 9.17) is 4.74 Å². The Kier molecular flexibility index (Phi) is 3.70. The highest BCUT2D eigenvalue weighted by atomic mass is 16.5. The van der Waals surface area contributed by atoms with Crippen LogP contribution < -0.4 is 4.74 Å². The SMILES string of the molecule is CCC(O)c1ccc(Oc2ccc3c(c2)CCC3)cn1. The van der Waals surface area contributed by atoms with Crippen molar-refractivity contribution in [2.75, 3.05) is 0 Å². The molecule has 0 fully saturated rings. The quantitative estimate of drug-likeness (QED) is 0.917. The number of aromatic nitrogens is 1. The Balaban J connectivity index is 1.74. The number of aryl methyl sites for hydroxylation is 2. The van der Waals surface area contributed by atoms with Gasteiger partial charge in [0.1, 0.15) is 11.5 Å². The van der Waals surface area contributed by atoms with Gasteiger partial charge in [-0.25, -0.2) is 0 Å². The van der Waals surface area contributed by atoms with Crippen molar-refractivity contribution in [1.82, 2.24) is 4.98 Å². The maximum Gasteiger partial charge on any atom is 0.145 e. The van der Waals surface area contributed by atoms with Crippen molar-refractivity contribution in [3.63, 3.8) is 0 Å². The maximum absolute atomic E-state index is 9.71. The van der Waals surface area contributed by atoms with Gasteiger partial charge in [0.05, 0.1) is 18.0 Å². The third-order valence-electron chi connectivity index (χ3n) is 3.79. The van der Waals surface area contributed by atoms with E-state index in [0.717, 1.165) is 12.2 Å². The van der Waals surface area contributed by atoms with Gasteiger partial charge in [0, 0.05) is 0 Å². The minimum atomic E-state index is -0.496. The van der Waals surface area contributed by atoms with E-state index < -0.39 is 6.10 Å². The van der Waals surface area contributed by atoms with Crippen LogP contribution in [0.25, 0.3) is 0 Å². The summed E-state index contributed by atoms with van der Waals surface area (Å²) in [5, 5.41) is 9.71. The Morgan fingerprint density at radius 3 is 2.70 bits per heavy atom. The normalized spacial score (nSPS) is 14.9. The standard InChI is InChI=1S/C17H19NO2/c1-2-17(19)16-9-8-15(11-18-16)20-14-7-6-12-4-3-5-13(12)10-14/h6-11,17,19H,2-5H2,1H3. The fraction of sp³-hybridized carbons (Fsp3) is 0.353. The highest BCUT2D eigenvalue weighted by Gasteiger charge is 2.12. The predicted octanol–water partition coefficient (Wildman–Crippen LogP) is 3.81. The van der Waals surface area contributed by atoms with Crippen LogP contribution in [-0.2, 0) is 12.8 Å². The molecule has 0 saturated carbocycles. The van der Waals surface area contributed by atoms with Crippen molar-refractivity contribution < 1.29 is 9.84 Å². The van der Waals surface area contributed by atoms with Crippen molar-refractivity contribution in [3.05, 3.63) is 53.3 Å². The van der Waals surface area contributed by atoms with Crippen LogP contribution in [0.4, 0.5) is 0 Å². The lowest BCUT2D eigenvalue weighted by Gasteiger charge is -2.10. The summed E-state index contributed by atoms with van der Waals surface area (Å²) in [4.78, 5) is 4.24. The number of fused-ring (bicyclic) bond motifs is 1. The minimum absolute atomic E-state index is 0.496. The predicted molar refractivity (Wildman–Crippen MR) is 78.0 cm³/mol. The zero-order chi connectivity index (χ0) is 13.9. The molecule has 0 radical (unpaired) electrons. The third-order valence-corrected chi connectivity index (χ3v) is 3.79. The molecule has 2 aromatic rings. The van der Waals surface area contributed by atoms with Crippen LogP contribution >= 0.6 is 0 Å². The number of hydrogen-bond donors (Lipinski definition) is 1. The Bertz CT molecular complexity index is 592. The first kappa shape index (κ1) is 13.1. The highest BCUT2D eigenvalue weighted by Crippen LogP contribution is 2.29. The zero-order valence-electron chi connectivity index (χ0n) is 11.7. The number of rotatable bonds is 4. The summed E-state index contributed by atoms with van der Waals surface area (Å²) in [5.41, 5.74) is 3.53. The summed E-state index contributed by atoms with van der Waals surface area (Å²) in [7, 11) is 0. The van der Waals surface area contributed by atoms with E-state index in [1.54, 1.807) is 6.20 Å². The molecule has 3 rings (SSSR count). The van der Waals surface area contributed by atoms with Crippen LogP contribution in [0.3, 0.4) is 0 Å². The average Bonchev–Trinajstić information content (AvgIpc) is 2.95.